The van der Waals surface area contributed by atoms with Crippen LogP contribution in [0.2, 0.25) is 0 Å². The van der Waals surface area contributed by atoms with Gasteiger partial charge in [0.15, 0.2) is 5.82 Å². The van der Waals surface area contributed by atoms with Crippen molar-refractivity contribution in [2.75, 3.05) is 6.54 Å². The van der Waals surface area contributed by atoms with Crippen molar-refractivity contribution < 1.29 is 4.79 Å². The molecule has 0 aliphatic carbocycles. The first-order chi connectivity index (χ1) is 12.8. The standard InChI is InChI=1S/C19H20N6O/c1-2-17-22-8-10-25(17)18-13-21-12-15(23-18)16-6-4-9-24(16)19(26)14-5-3-7-20-11-14/h3,5,7-8,10-13,16H,2,4,6,9H2,1H3/t16-/m1/s1. The molecule has 26 heavy (non-hydrogen) atoms. The van der Waals surface area contributed by atoms with Gasteiger partial charge in [0.05, 0.1) is 29.7 Å². The molecule has 3 aromatic rings. The molecule has 132 valence electrons. The summed E-state index contributed by atoms with van der Waals surface area (Å²) in [6.45, 7) is 2.77. The van der Waals surface area contributed by atoms with Crippen LogP contribution in [0.15, 0.2) is 49.3 Å². The van der Waals surface area contributed by atoms with Crippen molar-refractivity contribution in [2.45, 2.75) is 32.2 Å². The second kappa shape index (κ2) is 7.03. The van der Waals surface area contributed by atoms with Crippen molar-refractivity contribution in [2.24, 2.45) is 0 Å². The Morgan fingerprint density at radius 1 is 1.23 bits per heavy atom. The molecule has 1 saturated heterocycles. The monoisotopic (exact) mass is 348 g/mol. The molecule has 0 N–H and O–H groups in total. The molecule has 7 nitrogen and oxygen atoms in total. The van der Waals surface area contributed by atoms with Crippen LogP contribution < -0.4 is 0 Å². The third-order valence-corrected chi connectivity index (χ3v) is 4.68. The van der Waals surface area contributed by atoms with Gasteiger partial charge in [-0.3, -0.25) is 19.3 Å². The molecule has 0 spiro atoms. The lowest BCUT2D eigenvalue weighted by Crippen LogP contribution is -2.31. The number of imidazole rings is 1. The lowest BCUT2D eigenvalue weighted by Gasteiger charge is -2.24. The quantitative estimate of drug-likeness (QED) is 0.724. The molecule has 1 aliphatic rings. The Balaban J connectivity index is 1.64. The minimum absolute atomic E-state index is 0.00955. The number of carbonyl (C=O) groups excluding carboxylic acids is 1. The first kappa shape index (κ1) is 16.4. The van der Waals surface area contributed by atoms with Crippen LogP contribution in [-0.2, 0) is 6.42 Å². The summed E-state index contributed by atoms with van der Waals surface area (Å²) >= 11 is 0. The summed E-state index contributed by atoms with van der Waals surface area (Å²) in [6.07, 6.45) is 13.1. The van der Waals surface area contributed by atoms with E-state index in [2.05, 4.69) is 21.9 Å². The van der Waals surface area contributed by atoms with Crippen LogP contribution in [-0.4, -0.2) is 41.9 Å². The van der Waals surface area contributed by atoms with E-state index in [4.69, 9.17) is 4.98 Å². The van der Waals surface area contributed by atoms with E-state index in [0.29, 0.717) is 5.56 Å². The molecule has 0 unspecified atom stereocenters. The third-order valence-electron chi connectivity index (χ3n) is 4.68. The van der Waals surface area contributed by atoms with Crippen LogP contribution in [0.3, 0.4) is 0 Å². The number of hydrogen-bond donors (Lipinski definition) is 0. The maximum Gasteiger partial charge on any atom is 0.255 e. The summed E-state index contributed by atoms with van der Waals surface area (Å²) in [5, 5.41) is 0. The van der Waals surface area contributed by atoms with E-state index in [1.165, 1.54) is 0 Å². The molecule has 0 aromatic carbocycles. The maximum atomic E-state index is 12.9. The van der Waals surface area contributed by atoms with Gasteiger partial charge in [0.1, 0.15) is 5.82 Å². The Kier molecular flexibility index (Phi) is 4.43. The molecule has 4 rings (SSSR count). The Morgan fingerprint density at radius 2 is 2.15 bits per heavy atom. The SMILES string of the molecule is CCc1nccn1-c1cncc([C@H]2CCCN2C(=O)c2cccnc2)n1. The average Bonchev–Trinajstić information content (AvgIpc) is 3.37. The normalized spacial score (nSPS) is 16.8. The molecule has 1 aliphatic heterocycles. The second-order valence-corrected chi connectivity index (χ2v) is 6.27. The fourth-order valence-corrected chi connectivity index (χ4v) is 3.42. The number of hydrogen-bond acceptors (Lipinski definition) is 5. The fourth-order valence-electron chi connectivity index (χ4n) is 3.42. The van der Waals surface area contributed by atoms with Gasteiger partial charge in [-0.15, -0.1) is 0 Å². The number of amides is 1. The summed E-state index contributed by atoms with van der Waals surface area (Å²) in [6, 6.07) is 3.51. The lowest BCUT2D eigenvalue weighted by atomic mass is 10.1. The molecule has 0 saturated carbocycles. The van der Waals surface area contributed by atoms with Gasteiger partial charge in [-0.05, 0) is 25.0 Å². The van der Waals surface area contributed by atoms with E-state index < -0.39 is 0 Å². The van der Waals surface area contributed by atoms with E-state index in [9.17, 15) is 4.79 Å². The van der Waals surface area contributed by atoms with Crippen LogP contribution in [0, 0.1) is 0 Å². The molecule has 4 heterocycles. The second-order valence-electron chi connectivity index (χ2n) is 6.27. The van der Waals surface area contributed by atoms with Crippen molar-refractivity contribution in [3.05, 3.63) is 66.4 Å². The molecule has 1 amide bonds. The third kappa shape index (κ3) is 2.96. The Morgan fingerprint density at radius 3 is 2.96 bits per heavy atom. The number of likely N-dealkylation sites (tertiary alicyclic amines) is 1. The van der Waals surface area contributed by atoms with Crippen LogP contribution >= 0.6 is 0 Å². The lowest BCUT2D eigenvalue weighted by molar-refractivity contribution is 0.0732. The minimum atomic E-state index is -0.0660. The van der Waals surface area contributed by atoms with Crippen LogP contribution in [0.4, 0.5) is 0 Å². The van der Waals surface area contributed by atoms with Crippen LogP contribution in [0.5, 0.6) is 0 Å². The zero-order chi connectivity index (χ0) is 17.9. The van der Waals surface area contributed by atoms with E-state index in [1.54, 1.807) is 43.1 Å². The Hall–Kier alpha value is -3.09. The molecule has 0 radical (unpaired) electrons. The van der Waals surface area contributed by atoms with Gasteiger partial charge in [-0.2, -0.15) is 0 Å². The average molecular weight is 348 g/mol. The molecule has 1 atom stereocenters. The van der Waals surface area contributed by atoms with E-state index in [-0.39, 0.29) is 11.9 Å². The zero-order valence-corrected chi connectivity index (χ0v) is 14.6. The van der Waals surface area contributed by atoms with Gasteiger partial charge in [-0.25, -0.2) is 9.97 Å². The highest BCUT2D eigenvalue weighted by molar-refractivity contribution is 5.94. The van der Waals surface area contributed by atoms with Gasteiger partial charge in [0, 0.05) is 37.8 Å². The number of aromatic nitrogens is 5. The highest BCUT2D eigenvalue weighted by Gasteiger charge is 2.32. The van der Waals surface area contributed by atoms with Crippen molar-refractivity contribution in [3.63, 3.8) is 0 Å². The molecule has 7 heteroatoms. The van der Waals surface area contributed by atoms with Gasteiger partial charge in [0.25, 0.3) is 5.91 Å². The minimum Gasteiger partial charge on any atom is -0.330 e. The van der Waals surface area contributed by atoms with E-state index >= 15 is 0 Å². The Labute approximate surface area is 151 Å². The first-order valence-electron chi connectivity index (χ1n) is 8.83. The summed E-state index contributed by atoms with van der Waals surface area (Å²) in [4.78, 5) is 32.3. The largest absolute Gasteiger partial charge is 0.330 e. The highest BCUT2D eigenvalue weighted by atomic mass is 16.2. The van der Waals surface area contributed by atoms with E-state index in [0.717, 1.165) is 43.1 Å². The molecule has 1 fully saturated rings. The van der Waals surface area contributed by atoms with Crippen molar-refractivity contribution >= 4 is 5.91 Å². The van der Waals surface area contributed by atoms with Crippen molar-refractivity contribution in [3.8, 4) is 5.82 Å². The predicted molar refractivity (Wildman–Crippen MR) is 95.8 cm³/mol. The molecular formula is C19H20N6O. The summed E-state index contributed by atoms with van der Waals surface area (Å²) in [5.74, 6) is 1.66. The summed E-state index contributed by atoms with van der Waals surface area (Å²) in [5.41, 5.74) is 1.42. The van der Waals surface area contributed by atoms with Gasteiger partial charge < -0.3 is 4.90 Å². The van der Waals surface area contributed by atoms with Crippen molar-refractivity contribution in [1.29, 1.82) is 0 Å². The number of nitrogens with zero attached hydrogens (tertiary/aromatic N) is 6. The summed E-state index contributed by atoms with van der Waals surface area (Å²) in [7, 11) is 0. The number of carbonyl (C=O) groups is 1. The number of rotatable bonds is 4. The topological polar surface area (TPSA) is 76.8 Å². The number of pyridine rings is 1. The smallest absolute Gasteiger partial charge is 0.255 e. The zero-order valence-electron chi connectivity index (χ0n) is 14.6. The maximum absolute atomic E-state index is 12.9. The van der Waals surface area contributed by atoms with Gasteiger partial charge >= 0.3 is 0 Å². The highest BCUT2D eigenvalue weighted by Crippen LogP contribution is 2.32. The molecular weight excluding hydrogens is 328 g/mol. The fraction of sp³-hybridized carbons (Fsp3) is 0.316. The molecule has 0 bridgehead atoms. The molecule has 3 aromatic heterocycles. The van der Waals surface area contributed by atoms with Crippen LogP contribution in [0.1, 0.15) is 47.7 Å². The first-order valence-corrected chi connectivity index (χ1v) is 8.83. The van der Waals surface area contributed by atoms with Gasteiger partial charge in [0.2, 0.25) is 0 Å². The summed E-state index contributed by atoms with van der Waals surface area (Å²) < 4.78 is 1.94. The van der Waals surface area contributed by atoms with Crippen molar-refractivity contribution in [1.82, 2.24) is 29.4 Å². The number of aryl methyl sites for hydroxylation is 1. The predicted octanol–water partition coefficient (Wildman–Crippen LogP) is 2.60. The van der Waals surface area contributed by atoms with E-state index in [1.807, 2.05) is 15.7 Å². The van der Waals surface area contributed by atoms with Crippen LogP contribution in [0.25, 0.3) is 5.82 Å². The van der Waals surface area contributed by atoms with Gasteiger partial charge in [-0.1, -0.05) is 6.92 Å². The Bertz CT molecular complexity index is 907.